The van der Waals surface area contributed by atoms with Gasteiger partial charge in [0.1, 0.15) is 0 Å². The zero-order chi connectivity index (χ0) is 11.9. The molecule has 1 unspecified atom stereocenters. The van der Waals surface area contributed by atoms with Crippen molar-refractivity contribution in [2.24, 2.45) is 5.92 Å². The van der Waals surface area contributed by atoms with Gasteiger partial charge in [0.05, 0.1) is 5.00 Å². The number of halogens is 1. The predicted octanol–water partition coefficient (Wildman–Crippen LogP) is 3.71. The molecule has 15 heavy (non-hydrogen) atoms. The molecule has 0 radical (unpaired) electrons. The summed E-state index contributed by atoms with van der Waals surface area (Å²) in [6, 6.07) is 0. The quantitative estimate of drug-likeness (QED) is 0.484. The van der Waals surface area contributed by atoms with Crippen LogP contribution in [0.1, 0.15) is 40.5 Å². The second-order valence-corrected chi connectivity index (χ2v) is 8.43. The van der Waals surface area contributed by atoms with Crippen molar-refractivity contribution in [2.45, 2.75) is 52.1 Å². The molecule has 1 atom stereocenters. The molecule has 0 saturated carbocycles. The predicted molar refractivity (Wildman–Crippen MR) is 68.6 cm³/mol. The fourth-order valence-corrected chi connectivity index (χ4v) is 4.63. The van der Waals surface area contributed by atoms with Gasteiger partial charge in [0.25, 0.3) is 0 Å². The molecule has 0 N–H and O–H groups in total. The lowest BCUT2D eigenvalue weighted by Gasteiger charge is -2.33. The van der Waals surface area contributed by atoms with Crippen LogP contribution in [-0.2, 0) is 8.85 Å². The summed E-state index contributed by atoms with van der Waals surface area (Å²) in [4.78, 5) is 0. The Morgan fingerprint density at radius 1 is 1.07 bits per heavy atom. The summed E-state index contributed by atoms with van der Waals surface area (Å²) in [5, 5.41) is 0.0237. The minimum absolute atomic E-state index is 0.0237. The highest BCUT2D eigenvalue weighted by molar-refractivity contribution is 6.75. The Hall–Kier alpha value is 0.427. The minimum atomic E-state index is -2.19. The van der Waals surface area contributed by atoms with Crippen molar-refractivity contribution in [2.75, 3.05) is 13.2 Å². The fraction of sp³-hybridized carbons (Fsp3) is 1.00. The first-order valence-corrected chi connectivity index (χ1v) is 8.73. The molecule has 0 amide bonds. The van der Waals surface area contributed by atoms with Crippen LogP contribution in [0, 0.1) is 5.92 Å². The van der Waals surface area contributed by atoms with Crippen LogP contribution < -0.4 is 0 Å². The maximum absolute atomic E-state index is 6.41. The van der Waals surface area contributed by atoms with Crippen molar-refractivity contribution in [1.29, 1.82) is 0 Å². The van der Waals surface area contributed by atoms with Crippen LogP contribution >= 0.6 is 11.6 Å². The molecule has 0 aliphatic rings. The normalized spacial score (nSPS) is 14.6. The van der Waals surface area contributed by atoms with Gasteiger partial charge in [0.15, 0.2) is 0 Å². The third kappa shape index (κ3) is 5.34. The molecule has 0 aromatic rings. The third-order valence-electron chi connectivity index (χ3n) is 2.27. The van der Waals surface area contributed by atoms with E-state index in [0.29, 0.717) is 5.92 Å². The summed E-state index contributed by atoms with van der Waals surface area (Å²) >= 11 is 6.41. The van der Waals surface area contributed by atoms with Gasteiger partial charge in [-0.3, -0.25) is 0 Å². The molecule has 0 spiro atoms. The maximum atomic E-state index is 6.41. The van der Waals surface area contributed by atoms with Gasteiger partial charge in [-0.1, -0.05) is 27.7 Å². The second kappa shape index (κ2) is 7.66. The van der Waals surface area contributed by atoms with E-state index in [-0.39, 0.29) is 5.00 Å². The van der Waals surface area contributed by atoms with E-state index in [9.17, 15) is 0 Å². The van der Waals surface area contributed by atoms with Gasteiger partial charge in [0, 0.05) is 13.2 Å². The number of hydrogen-bond donors (Lipinski definition) is 0. The van der Waals surface area contributed by atoms with Gasteiger partial charge in [-0.2, -0.15) is 0 Å². The van der Waals surface area contributed by atoms with E-state index in [1.165, 1.54) is 0 Å². The van der Waals surface area contributed by atoms with Crippen molar-refractivity contribution >= 4 is 20.2 Å². The Bertz CT molecular complexity index is 157. The topological polar surface area (TPSA) is 18.5 Å². The molecule has 0 aliphatic carbocycles. The fourth-order valence-electron chi connectivity index (χ4n) is 1.42. The summed E-state index contributed by atoms with van der Waals surface area (Å²) in [6.07, 6.45) is 2.03. The van der Waals surface area contributed by atoms with E-state index < -0.39 is 8.56 Å². The summed E-state index contributed by atoms with van der Waals surface area (Å²) in [6.45, 7) is 12.0. The van der Waals surface area contributed by atoms with E-state index in [4.69, 9.17) is 20.5 Å². The van der Waals surface area contributed by atoms with Crippen molar-refractivity contribution in [3.63, 3.8) is 0 Å². The van der Waals surface area contributed by atoms with E-state index >= 15 is 0 Å². The van der Waals surface area contributed by atoms with Crippen molar-refractivity contribution in [3.8, 4) is 0 Å². The molecule has 0 heterocycles. The molecule has 2 nitrogen and oxygen atoms in total. The lowest BCUT2D eigenvalue weighted by Crippen LogP contribution is -2.50. The zero-order valence-electron chi connectivity index (χ0n) is 10.7. The van der Waals surface area contributed by atoms with E-state index in [0.717, 1.165) is 26.1 Å². The van der Waals surface area contributed by atoms with Gasteiger partial charge >= 0.3 is 8.56 Å². The van der Waals surface area contributed by atoms with Crippen LogP contribution in [0.5, 0.6) is 0 Å². The second-order valence-electron chi connectivity index (χ2n) is 4.36. The largest absolute Gasteiger partial charge is 0.394 e. The average molecular weight is 253 g/mol. The first-order chi connectivity index (χ1) is 6.98. The van der Waals surface area contributed by atoms with Gasteiger partial charge in [-0.25, -0.2) is 0 Å². The van der Waals surface area contributed by atoms with Crippen molar-refractivity contribution < 1.29 is 8.85 Å². The number of rotatable bonds is 8. The number of hydrogen-bond acceptors (Lipinski definition) is 2. The Morgan fingerprint density at radius 3 is 1.73 bits per heavy atom. The SMILES string of the molecule is CCCO[Si](C)(OCCC)C(Cl)C(C)C. The Balaban J connectivity index is 4.37. The molecule has 0 aromatic heterocycles. The molecule has 0 rings (SSSR count). The molecule has 0 aromatic carbocycles. The van der Waals surface area contributed by atoms with Crippen LogP contribution in [0.15, 0.2) is 0 Å². The molecular formula is C11H25ClO2Si. The van der Waals surface area contributed by atoms with Crippen LogP contribution in [0.2, 0.25) is 6.55 Å². The van der Waals surface area contributed by atoms with Crippen LogP contribution in [0.25, 0.3) is 0 Å². The summed E-state index contributed by atoms with van der Waals surface area (Å²) in [7, 11) is -2.19. The van der Waals surface area contributed by atoms with Gasteiger partial charge in [0.2, 0.25) is 0 Å². The highest BCUT2D eigenvalue weighted by atomic mass is 35.5. The van der Waals surface area contributed by atoms with Crippen molar-refractivity contribution in [3.05, 3.63) is 0 Å². The lowest BCUT2D eigenvalue weighted by atomic mass is 10.3. The van der Waals surface area contributed by atoms with Gasteiger partial charge in [-0.15, -0.1) is 11.6 Å². The summed E-state index contributed by atoms with van der Waals surface area (Å²) in [5.41, 5.74) is 0. The third-order valence-corrected chi connectivity index (χ3v) is 7.19. The van der Waals surface area contributed by atoms with Crippen LogP contribution in [0.3, 0.4) is 0 Å². The lowest BCUT2D eigenvalue weighted by molar-refractivity contribution is 0.167. The summed E-state index contributed by atoms with van der Waals surface area (Å²) < 4.78 is 11.8. The van der Waals surface area contributed by atoms with E-state index in [1.807, 2.05) is 0 Å². The standard InChI is InChI=1S/C11H25ClO2Si/c1-6-8-13-15(5,14-9-7-2)11(12)10(3)4/h10-11H,6-9H2,1-5H3. The van der Waals surface area contributed by atoms with Crippen LogP contribution in [0.4, 0.5) is 0 Å². The molecule has 0 saturated heterocycles. The molecular weight excluding hydrogens is 228 g/mol. The average Bonchev–Trinajstić information content (AvgIpc) is 2.22. The minimum Gasteiger partial charge on any atom is -0.394 e. The first-order valence-electron chi connectivity index (χ1n) is 5.89. The Morgan fingerprint density at radius 2 is 1.47 bits per heavy atom. The molecule has 92 valence electrons. The van der Waals surface area contributed by atoms with Gasteiger partial charge < -0.3 is 8.85 Å². The van der Waals surface area contributed by atoms with Gasteiger partial charge in [-0.05, 0) is 25.3 Å². The first kappa shape index (κ1) is 15.4. The highest BCUT2D eigenvalue weighted by Crippen LogP contribution is 2.24. The summed E-state index contributed by atoms with van der Waals surface area (Å²) in [5.74, 6) is 0.400. The molecule has 0 aliphatic heterocycles. The zero-order valence-corrected chi connectivity index (χ0v) is 12.4. The highest BCUT2D eigenvalue weighted by Gasteiger charge is 2.41. The van der Waals surface area contributed by atoms with Crippen molar-refractivity contribution in [1.82, 2.24) is 0 Å². The Labute approximate surface area is 101 Å². The molecule has 0 fully saturated rings. The van der Waals surface area contributed by atoms with E-state index in [1.54, 1.807) is 0 Å². The van der Waals surface area contributed by atoms with E-state index in [2.05, 4.69) is 34.2 Å². The maximum Gasteiger partial charge on any atom is 0.353 e. The molecule has 0 bridgehead atoms. The van der Waals surface area contributed by atoms with Crippen LogP contribution in [-0.4, -0.2) is 26.8 Å². The number of alkyl halides is 1. The molecule has 4 heteroatoms. The Kier molecular flexibility index (Phi) is 7.88. The monoisotopic (exact) mass is 252 g/mol. The smallest absolute Gasteiger partial charge is 0.353 e.